The van der Waals surface area contributed by atoms with Gasteiger partial charge in [-0.3, -0.25) is 4.79 Å². The van der Waals surface area contributed by atoms with E-state index in [1.165, 1.54) is 5.56 Å². The first kappa shape index (κ1) is 14.5. The molecule has 2 aromatic rings. The highest BCUT2D eigenvalue weighted by molar-refractivity contribution is 5.32. The topological polar surface area (TPSA) is 71.8 Å². The summed E-state index contributed by atoms with van der Waals surface area (Å²) in [5.74, 6) is 0.718. The van der Waals surface area contributed by atoms with Gasteiger partial charge in [0.1, 0.15) is 5.82 Å². The molecule has 4 nitrogen and oxygen atoms in total. The number of benzene rings is 1. The van der Waals surface area contributed by atoms with Crippen molar-refractivity contribution in [2.75, 3.05) is 0 Å². The number of aromatic amines is 1. The molecule has 0 spiro atoms. The molecule has 0 unspecified atom stereocenters. The highest BCUT2D eigenvalue weighted by atomic mass is 16.1. The van der Waals surface area contributed by atoms with Gasteiger partial charge in [0, 0.05) is 18.3 Å². The van der Waals surface area contributed by atoms with Gasteiger partial charge in [0.2, 0.25) is 0 Å². The van der Waals surface area contributed by atoms with Crippen LogP contribution < -0.4 is 11.3 Å². The van der Waals surface area contributed by atoms with Crippen LogP contribution in [0.1, 0.15) is 43.6 Å². The Kier molecular flexibility index (Phi) is 4.35. The van der Waals surface area contributed by atoms with Crippen LogP contribution in [-0.2, 0) is 12.0 Å². The minimum absolute atomic E-state index is 0.139. The Bertz CT molecular complexity index is 615. The number of aromatic nitrogens is 2. The number of nitrogens with one attached hydrogen (secondary N) is 1. The molecule has 0 amide bonds. The van der Waals surface area contributed by atoms with Crippen LogP contribution in [0.2, 0.25) is 0 Å². The molecule has 0 bridgehead atoms. The zero-order chi connectivity index (χ0) is 14.6. The Morgan fingerprint density at radius 1 is 1.20 bits per heavy atom. The number of H-pyrrole nitrogens is 1. The van der Waals surface area contributed by atoms with E-state index in [1.807, 2.05) is 18.2 Å². The van der Waals surface area contributed by atoms with Crippen LogP contribution in [0.5, 0.6) is 0 Å². The summed E-state index contributed by atoms with van der Waals surface area (Å²) in [5, 5.41) is 0. The molecule has 0 saturated carbocycles. The fraction of sp³-hybridized carbons (Fsp3) is 0.375. The van der Waals surface area contributed by atoms with Gasteiger partial charge >= 0.3 is 0 Å². The summed E-state index contributed by atoms with van der Waals surface area (Å²) >= 11 is 0. The molecule has 0 aliphatic heterocycles. The summed E-state index contributed by atoms with van der Waals surface area (Å²) in [4.78, 5) is 19.4. The van der Waals surface area contributed by atoms with Crippen LogP contribution in [0.4, 0.5) is 0 Å². The lowest BCUT2D eigenvalue weighted by molar-refractivity contribution is 0.447. The van der Waals surface area contributed by atoms with E-state index in [4.69, 9.17) is 5.73 Å². The Morgan fingerprint density at radius 2 is 1.85 bits per heavy atom. The zero-order valence-electron chi connectivity index (χ0n) is 12.0. The molecule has 1 heterocycles. The molecule has 0 radical (unpaired) electrons. The van der Waals surface area contributed by atoms with Gasteiger partial charge in [-0.1, -0.05) is 44.2 Å². The fourth-order valence-electron chi connectivity index (χ4n) is 2.70. The van der Waals surface area contributed by atoms with Crippen molar-refractivity contribution in [3.05, 3.63) is 63.8 Å². The fourth-order valence-corrected chi connectivity index (χ4v) is 2.70. The third-order valence-corrected chi connectivity index (χ3v) is 4.08. The largest absolute Gasteiger partial charge is 0.326 e. The Hall–Kier alpha value is -1.94. The van der Waals surface area contributed by atoms with Crippen molar-refractivity contribution < 1.29 is 0 Å². The van der Waals surface area contributed by atoms with E-state index >= 15 is 0 Å². The van der Waals surface area contributed by atoms with Crippen molar-refractivity contribution in [2.24, 2.45) is 5.73 Å². The molecular weight excluding hydrogens is 250 g/mol. The molecule has 1 aromatic heterocycles. The van der Waals surface area contributed by atoms with E-state index in [0.29, 0.717) is 5.56 Å². The highest BCUT2D eigenvalue weighted by Gasteiger charge is 2.33. The van der Waals surface area contributed by atoms with Crippen molar-refractivity contribution in [3.63, 3.8) is 0 Å². The number of hydrogen-bond donors (Lipinski definition) is 2. The second kappa shape index (κ2) is 6.01. The second-order valence-electron chi connectivity index (χ2n) is 4.95. The lowest BCUT2D eigenvalue weighted by atomic mass is 9.75. The van der Waals surface area contributed by atoms with E-state index in [1.54, 1.807) is 6.20 Å². The highest BCUT2D eigenvalue weighted by Crippen LogP contribution is 2.36. The number of nitrogens with two attached hydrogens (primary N) is 1. The van der Waals surface area contributed by atoms with Gasteiger partial charge in [-0.25, -0.2) is 4.98 Å². The first-order valence-electron chi connectivity index (χ1n) is 7.02. The summed E-state index contributed by atoms with van der Waals surface area (Å²) in [6, 6.07) is 10.2. The summed E-state index contributed by atoms with van der Waals surface area (Å²) in [7, 11) is 0. The first-order chi connectivity index (χ1) is 9.67. The van der Waals surface area contributed by atoms with Gasteiger partial charge in [0.05, 0.1) is 5.41 Å². The van der Waals surface area contributed by atoms with E-state index in [0.717, 1.165) is 18.7 Å². The third-order valence-electron chi connectivity index (χ3n) is 4.08. The summed E-state index contributed by atoms with van der Waals surface area (Å²) in [5.41, 5.74) is 6.82. The molecule has 0 saturated heterocycles. The summed E-state index contributed by atoms with van der Waals surface area (Å²) in [6.45, 7) is 4.44. The molecule has 106 valence electrons. The quantitative estimate of drug-likeness (QED) is 0.876. The van der Waals surface area contributed by atoms with Crippen LogP contribution in [-0.4, -0.2) is 9.97 Å². The predicted octanol–water partition coefficient (Wildman–Crippen LogP) is 2.33. The molecule has 20 heavy (non-hydrogen) atoms. The monoisotopic (exact) mass is 271 g/mol. The minimum Gasteiger partial charge on any atom is -0.326 e. The molecule has 0 aliphatic carbocycles. The van der Waals surface area contributed by atoms with Crippen LogP contribution in [0.3, 0.4) is 0 Å². The Morgan fingerprint density at radius 3 is 2.35 bits per heavy atom. The maximum Gasteiger partial charge on any atom is 0.255 e. The summed E-state index contributed by atoms with van der Waals surface area (Å²) in [6.07, 6.45) is 3.34. The van der Waals surface area contributed by atoms with Gasteiger partial charge in [0.15, 0.2) is 0 Å². The van der Waals surface area contributed by atoms with Crippen LogP contribution >= 0.6 is 0 Å². The minimum atomic E-state index is -0.256. The second-order valence-corrected chi connectivity index (χ2v) is 4.95. The molecular formula is C16H21N3O. The van der Waals surface area contributed by atoms with Crippen LogP contribution in [0.15, 0.2) is 41.3 Å². The number of hydrogen-bond acceptors (Lipinski definition) is 3. The van der Waals surface area contributed by atoms with Crippen molar-refractivity contribution >= 4 is 0 Å². The number of rotatable bonds is 5. The van der Waals surface area contributed by atoms with E-state index in [2.05, 4.69) is 35.9 Å². The third kappa shape index (κ3) is 2.39. The molecule has 2 rings (SSSR count). The van der Waals surface area contributed by atoms with Gasteiger partial charge in [-0.05, 0) is 18.4 Å². The Balaban J connectivity index is 2.59. The van der Waals surface area contributed by atoms with Crippen LogP contribution in [0.25, 0.3) is 0 Å². The standard InChI is InChI=1S/C16H21N3O/c1-3-16(4-2,13-8-6-5-7-9-13)15-18-11-12(10-17)14(20)19-15/h5-9,11H,3-4,10,17H2,1-2H3,(H,18,19,20). The summed E-state index contributed by atoms with van der Waals surface area (Å²) < 4.78 is 0. The van der Waals surface area contributed by atoms with E-state index in [9.17, 15) is 4.79 Å². The molecule has 3 N–H and O–H groups in total. The maximum absolute atomic E-state index is 12.0. The Labute approximate surface area is 119 Å². The average Bonchev–Trinajstić information content (AvgIpc) is 2.50. The molecule has 0 fully saturated rings. The lowest BCUT2D eigenvalue weighted by Crippen LogP contribution is -2.32. The molecule has 0 aliphatic rings. The SMILES string of the molecule is CCC(CC)(c1ccccc1)c1ncc(CN)c(=O)[nH]1. The van der Waals surface area contributed by atoms with E-state index < -0.39 is 0 Å². The zero-order valence-corrected chi connectivity index (χ0v) is 12.0. The van der Waals surface area contributed by atoms with Gasteiger partial charge < -0.3 is 10.7 Å². The predicted molar refractivity (Wildman–Crippen MR) is 80.6 cm³/mol. The van der Waals surface area contributed by atoms with Gasteiger partial charge in [0.25, 0.3) is 5.56 Å². The van der Waals surface area contributed by atoms with E-state index in [-0.39, 0.29) is 17.5 Å². The van der Waals surface area contributed by atoms with Crippen molar-refractivity contribution in [3.8, 4) is 0 Å². The van der Waals surface area contributed by atoms with Gasteiger partial charge in [-0.2, -0.15) is 0 Å². The molecule has 0 atom stereocenters. The first-order valence-corrected chi connectivity index (χ1v) is 7.02. The van der Waals surface area contributed by atoms with Crippen molar-refractivity contribution in [1.29, 1.82) is 0 Å². The van der Waals surface area contributed by atoms with Gasteiger partial charge in [-0.15, -0.1) is 0 Å². The maximum atomic E-state index is 12.0. The molecule has 4 heteroatoms. The van der Waals surface area contributed by atoms with Crippen LogP contribution in [0, 0.1) is 0 Å². The normalized spacial score (nSPS) is 11.6. The average molecular weight is 271 g/mol. The van der Waals surface area contributed by atoms with Crippen molar-refractivity contribution in [1.82, 2.24) is 9.97 Å². The van der Waals surface area contributed by atoms with Crippen molar-refractivity contribution in [2.45, 2.75) is 38.6 Å². The lowest BCUT2D eigenvalue weighted by Gasteiger charge is -2.31. The smallest absolute Gasteiger partial charge is 0.255 e. The number of nitrogens with zero attached hydrogens (tertiary/aromatic N) is 1. The molecule has 1 aromatic carbocycles.